The Morgan fingerprint density at radius 3 is 2.88 bits per heavy atom. The third kappa shape index (κ3) is 2.47. The molecule has 0 atom stereocenters. The number of nitrogens with two attached hydrogens (primary N) is 1. The second kappa shape index (κ2) is 4.18. The van der Waals surface area contributed by atoms with E-state index < -0.39 is 0 Å². The van der Waals surface area contributed by atoms with E-state index in [0.29, 0.717) is 18.2 Å². The van der Waals surface area contributed by atoms with Crippen molar-refractivity contribution >= 4 is 11.6 Å². The first-order valence-corrected chi connectivity index (χ1v) is 4.97. The summed E-state index contributed by atoms with van der Waals surface area (Å²) in [6.45, 7) is 2.43. The van der Waals surface area contributed by atoms with Crippen LogP contribution in [0.5, 0.6) is 0 Å². The summed E-state index contributed by atoms with van der Waals surface area (Å²) in [5, 5.41) is 7.40. The van der Waals surface area contributed by atoms with E-state index in [9.17, 15) is 0 Å². The van der Waals surface area contributed by atoms with Crippen molar-refractivity contribution in [1.29, 1.82) is 0 Å². The van der Waals surface area contributed by atoms with Crippen LogP contribution >= 0.6 is 0 Å². The van der Waals surface area contributed by atoms with Gasteiger partial charge in [-0.1, -0.05) is 0 Å². The van der Waals surface area contributed by atoms with Crippen LogP contribution in [0.2, 0.25) is 0 Å². The lowest BCUT2D eigenvalue weighted by Gasteiger charge is -2.04. The summed E-state index contributed by atoms with van der Waals surface area (Å²) in [5.41, 5.74) is 6.58. The van der Waals surface area contributed by atoms with Gasteiger partial charge >= 0.3 is 0 Å². The molecule has 0 bridgehead atoms. The van der Waals surface area contributed by atoms with Gasteiger partial charge in [0.25, 0.3) is 0 Å². The number of anilines is 2. The highest BCUT2D eigenvalue weighted by atomic mass is 15.3. The maximum Gasteiger partial charge on any atom is 0.132 e. The maximum absolute atomic E-state index is 5.62. The van der Waals surface area contributed by atoms with Crippen LogP contribution < -0.4 is 11.1 Å². The Kier molecular flexibility index (Phi) is 2.72. The van der Waals surface area contributed by atoms with Crippen molar-refractivity contribution in [2.24, 2.45) is 7.05 Å². The van der Waals surface area contributed by atoms with Gasteiger partial charge in [-0.2, -0.15) is 5.10 Å². The SMILES string of the molecule is Cc1nc(N)cc(NCc2ccn(C)n2)n1. The Labute approximate surface area is 93.5 Å². The lowest BCUT2D eigenvalue weighted by molar-refractivity contribution is 0.747. The molecule has 2 rings (SSSR count). The summed E-state index contributed by atoms with van der Waals surface area (Å²) in [5.74, 6) is 1.84. The van der Waals surface area contributed by atoms with Crippen LogP contribution in [0.25, 0.3) is 0 Å². The molecule has 6 heteroatoms. The van der Waals surface area contributed by atoms with Crippen molar-refractivity contribution < 1.29 is 0 Å². The molecule has 0 saturated carbocycles. The molecule has 0 aliphatic carbocycles. The van der Waals surface area contributed by atoms with E-state index in [0.717, 1.165) is 11.5 Å². The van der Waals surface area contributed by atoms with Crippen molar-refractivity contribution in [2.45, 2.75) is 13.5 Å². The predicted molar refractivity (Wildman–Crippen MR) is 61.7 cm³/mol. The largest absolute Gasteiger partial charge is 0.384 e. The van der Waals surface area contributed by atoms with Gasteiger partial charge in [-0.15, -0.1) is 0 Å². The molecule has 16 heavy (non-hydrogen) atoms. The fraction of sp³-hybridized carbons (Fsp3) is 0.300. The lowest BCUT2D eigenvalue weighted by Crippen LogP contribution is -2.05. The van der Waals surface area contributed by atoms with Gasteiger partial charge in [-0.05, 0) is 13.0 Å². The number of nitrogens with one attached hydrogen (secondary N) is 1. The van der Waals surface area contributed by atoms with Crippen LogP contribution in [0.15, 0.2) is 18.3 Å². The Bertz CT molecular complexity index is 470. The van der Waals surface area contributed by atoms with Crippen molar-refractivity contribution in [2.75, 3.05) is 11.1 Å². The van der Waals surface area contributed by atoms with Crippen molar-refractivity contribution in [1.82, 2.24) is 19.7 Å². The number of rotatable bonds is 3. The molecule has 0 aliphatic rings. The Morgan fingerprint density at radius 1 is 1.44 bits per heavy atom. The molecule has 2 heterocycles. The number of hydrogen-bond donors (Lipinski definition) is 2. The molecule has 0 unspecified atom stereocenters. The van der Waals surface area contributed by atoms with Crippen LogP contribution in [-0.4, -0.2) is 19.7 Å². The van der Waals surface area contributed by atoms with Gasteiger partial charge in [0, 0.05) is 19.3 Å². The molecule has 2 aromatic rings. The second-order valence-corrected chi connectivity index (χ2v) is 3.56. The summed E-state index contributed by atoms with van der Waals surface area (Å²) in [7, 11) is 1.89. The third-order valence-electron chi connectivity index (χ3n) is 2.08. The van der Waals surface area contributed by atoms with E-state index in [4.69, 9.17) is 5.73 Å². The van der Waals surface area contributed by atoms with E-state index in [2.05, 4.69) is 20.4 Å². The van der Waals surface area contributed by atoms with Crippen LogP contribution in [-0.2, 0) is 13.6 Å². The molecule has 0 spiro atoms. The predicted octanol–water partition coefficient (Wildman–Crippen LogP) is 0.713. The third-order valence-corrected chi connectivity index (χ3v) is 2.08. The zero-order valence-electron chi connectivity index (χ0n) is 9.31. The van der Waals surface area contributed by atoms with Gasteiger partial charge in [0.2, 0.25) is 0 Å². The van der Waals surface area contributed by atoms with Gasteiger partial charge in [-0.25, -0.2) is 9.97 Å². The minimum absolute atomic E-state index is 0.469. The summed E-state index contributed by atoms with van der Waals surface area (Å²) >= 11 is 0. The van der Waals surface area contributed by atoms with Crippen LogP contribution in [0.1, 0.15) is 11.5 Å². The van der Waals surface area contributed by atoms with E-state index in [1.807, 2.05) is 26.2 Å². The van der Waals surface area contributed by atoms with Gasteiger partial charge in [-0.3, -0.25) is 4.68 Å². The zero-order chi connectivity index (χ0) is 11.5. The first-order chi connectivity index (χ1) is 7.63. The molecule has 0 fully saturated rings. The second-order valence-electron chi connectivity index (χ2n) is 3.56. The number of aryl methyl sites for hydroxylation is 2. The van der Waals surface area contributed by atoms with Crippen LogP contribution in [0.4, 0.5) is 11.6 Å². The first-order valence-electron chi connectivity index (χ1n) is 4.97. The zero-order valence-corrected chi connectivity index (χ0v) is 9.31. The molecule has 6 nitrogen and oxygen atoms in total. The minimum Gasteiger partial charge on any atom is -0.384 e. The first kappa shape index (κ1) is 10.4. The number of hydrogen-bond acceptors (Lipinski definition) is 5. The summed E-state index contributed by atoms with van der Waals surface area (Å²) in [6.07, 6.45) is 1.90. The fourth-order valence-corrected chi connectivity index (χ4v) is 1.42. The highest BCUT2D eigenvalue weighted by Crippen LogP contribution is 2.08. The topological polar surface area (TPSA) is 81.6 Å². The molecular weight excluding hydrogens is 204 g/mol. The van der Waals surface area contributed by atoms with E-state index >= 15 is 0 Å². The average molecular weight is 218 g/mol. The average Bonchev–Trinajstić information content (AvgIpc) is 2.60. The van der Waals surface area contributed by atoms with Gasteiger partial charge < -0.3 is 11.1 Å². The van der Waals surface area contributed by atoms with Crippen LogP contribution in [0, 0.1) is 6.92 Å². The minimum atomic E-state index is 0.469. The quantitative estimate of drug-likeness (QED) is 0.793. The standard InChI is InChI=1S/C10H14N6/c1-7-13-9(11)5-10(14-7)12-6-8-3-4-16(2)15-8/h3-5H,6H2,1-2H3,(H3,11,12,13,14). The molecule has 2 aromatic heterocycles. The number of nitrogen functional groups attached to an aromatic ring is 1. The molecule has 0 saturated heterocycles. The number of nitrogens with zero attached hydrogens (tertiary/aromatic N) is 4. The maximum atomic E-state index is 5.62. The van der Waals surface area contributed by atoms with Gasteiger partial charge in [0.05, 0.1) is 12.2 Å². The molecule has 3 N–H and O–H groups in total. The van der Waals surface area contributed by atoms with Crippen molar-refractivity contribution in [3.8, 4) is 0 Å². The van der Waals surface area contributed by atoms with E-state index in [1.54, 1.807) is 10.7 Å². The summed E-state index contributed by atoms with van der Waals surface area (Å²) < 4.78 is 1.76. The normalized spacial score (nSPS) is 10.4. The Morgan fingerprint density at radius 2 is 2.25 bits per heavy atom. The van der Waals surface area contributed by atoms with E-state index in [-0.39, 0.29) is 0 Å². The highest BCUT2D eigenvalue weighted by Gasteiger charge is 2.00. The van der Waals surface area contributed by atoms with Crippen molar-refractivity contribution in [3.63, 3.8) is 0 Å². The van der Waals surface area contributed by atoms with Crippen molar-refractivity contribution in [3.05, 3.63) is 29.8 Å². The molecule has 0 amide bonds. The lowest BCUT2D eigenvalue weighted by atomic mass is 10.4. The number of aromatic nitrogens is 4. The molecular formula is C10H14N6. The molecule has 84 valence electrons. The van der Waals surface area contributed by atoms with Gasteiger partial charge in [0.15, 0.2) is 0 Å². The summed E-state index contributed by atoms with van der Waals surface area (Å²) in [4.78, 5) is 8.22. The van der Waals surface area contributed by atoms with E-state index in [1.165, 1.54) is 0 Å². The smallest absolute Gasteiger partial charge is 0.132 e. The Hall–Kier alpha value is -2.11. The molecule has 0 aliphatic heterocycles. The monoisotopic (exact) mass is 218 g/mol. The highest BCUT2D eigenvalue weighted by molar-refractivity contribution is 5.44. The Balaban J connectivity index is 2.04. The molecule has 0 aromatic carbocycles. The fourth-order valence-electron chi connectivity index (χ4n) is 1.42. The molecule has 0 radical (unpaired) electrons. The van der Waals surface area contributed by atoms with Gasteiger partial charge in [0.1, 0.15) is 17.5 Å². The van der Waals surface area contributed by atoms with Crippen LogP contribution in [0.3, 0.4) is 0 Å². The summed E-state index contributed by atoms with van der Waals surface area (Å²) in [6, 6.07) is 3.65.